The molecule has 176 valence electrons. The zero-order valence-corrected chi connectivity index (χ0v) is 18.6. The van der Waals surface area contributed by atoms with Crippen molar-refractivity contribution < 1.29 is 28.6 Å². The molecule has 3 aromatic rings. The van der Waals surface area contributed by atoms with Crippen molar-refractivity contribution in [3.8, 4) is 5.75 Å². The summed E-state index contributed by atoms with van der Waals surface area (Å²) in [4.78, 5) is 25.7. The molecule has 0 saturated carbocycles. The molecule has 1 amide bonds. The molecule has 1 aliphatic rings. The van der Waals surface area contributed by atoms with Gasteiger partial charge >= 0.3 is 5.97 Å². The number of para-hydroxylation sites is 1. The van der Waals surface area contributed by atoms with Gasteiger partial charge in [-0.3, -0.25) is 4.79 Å². The van der Waals surface area contributed by atoms with Crippen LogP contribution in [0.4, 0.5) is 5.69 Å². The fourth-order valence-electron chi connectivity index (χ4n) is 3.68. The van der Waals surface area contributed by atoms with Crippen molar-refractivity contribution in [2.24, 2.45) is 5.10 Å². The largest absolute Gasteiger partial charge is 0.497 e. The molecule has 0 aliphatic carbocycles. The number of methoxy groups -OCH3 is 1. The second-order valence-corrected chi connectivity index (χ2v) is 7.52. The SMILES string of the molecule is COc1ccc(C2=NN(C(=O)COC(=O)c3ccccc3NCCO)C(c3ccco3)C2)cc1. The van der Waals surface area contributed by atoms with Crippen LogP contribution >= 0.6 is 0 Å². The molecule has 1 unspecified atom stereocenters. The maximum absolute atomic E-state index is 13.1. The van der Waals surface area contributed by atoms with E-state index in [1.807, 2.05) is 24.3 Å². The molecule has 9 heteroatoms. The number of anilines is 1. The van der Waals surface area contributed by atoms with E-state index in [-0.39, 0.29) is 18.7 Å². The lowest BCUT2D eigenvalue weighted by atomic mass is 10.0. The van der Waals surface area contributed by atoms with Crippen molar-refractivity contribution in [3.63, 3.8) is 0 Å². The molecule has 0 fully saturated rings. The summed E-state index contributed by atoms with van der Waals surface area (Å²) in [5.74, 6) is 0.186. The average Bonchev–Trinajstić information content (AvgIpc) is 3.56. The molecule has 4 rings (SSSR count). The molecule has 0 radical (unpaired) electrons. The average molecular weight is 463 g/mol. The van der Waals surface area contributed by atoms with Crippen molar-refractivity contribution in [3.05, 3.63) is 83.8 Å². The number of carbonyl (C=O) groups excluding carboxylic acids is 2. The second kappa shape index (κ2) is 10.7. The van der Waals surface area contributed by atoms with Crippen molar-refractivity contribution in [2.45, 2.75) is 12.5 Å². The number of aliphatic hydroxyl groups is 1. The van der Waals surface area contributed by atoms with Crippen molar-refractivity contribution in [1.82, 2.24) is 5.01 Å². The van der Waals surface area contributed by atoms with E-state index in [0.29, 0.717) is 23.6 Å². The minimum absolute atomic E-state index is 0.0838. The highest BCUT2D eigenvalue weighted by Crippen LogP contribution is 2.33. The van der Waals surface area contributed by atoms with Crippen LogP contribution in [-0.2, 0) is 9.53 Å². The number of rotatable bonds is 9. The van der Waals surface area contributed by atoms with E-state index in [1.165, 1.54) is 5.01 Å². The Kier molecular flexibility index (Phi) is 7.24. The minimum atomic E-state index is -0.650. The lowest BCUT2D eigenvalue weighted by Gasteiger charge is -2.20. The van der Waals surface area contributed by atoms with E-state index < -0.39 is 24.5 Å². The van der Waals surface area contributed by atoms with Gasteiger partial charge in [0.1, 0.15) is 17.6 Å². The molecule has 34 heavy (non-hydrogen) atoms. The lowest BCUT2D eigenvalue weighted by Crippen LogP contribution is -2.31. The number of benzene rings is 2. The van der Waals surface area contributed by atoms with E-state index in [1.54, 1.807) is 49.8 Å². The van der Waals surface area contributed by atoms with E-state index >= 15 is 0 Å². The van der Waals surface area contributed by atoms with Gasteiger partial charge in [0, 0.05) is 18.7 Å². The Morgan fingerprint density at radius 3 is 2.65 bits per heavy atom. The number of hydrogen-bond donors (Lipinski definition) is 2. The molecule has 1 aliphatic heterocycles. The van der Waals surface area contributed by atoms with Crippen LogP contribution in [0.25, 0.3) is 0 Å². The van der Waals surface area contributed by atoms with Gasteiger partial charge in [-0.2, -0.15) is 5.10 Å². The van der Waals surface area contributed by atoms with Crippen LogP contribution < -0.4 is 10.1 Å². The van der Waals surface area contributed by atoms with Gasteiger partial charge < -0.3 is 24.3 Å². The molecular formula is C25H25N3O6. The van der Waals surface area contributed by atoms with E-state index in [0.717, 1.165) is 11.3 Å². The lowest BCUT2D eigenvalue weighted by molar-refractivity contribution is -0.136. The first-order valence-corrected chi connectivity index (χ1v) is 10.8. The summed E-state index contributed by atoms with van der Waals surface area (Å²) in [6.07, 6.45) is 1.99. The number of carbonyl (C=O) groups is 2. The predicted octanol–water partition coefficient (Wildman–Crippen LogP) is 3.23. The summed E-state index contributed by atoms with van der Waals surface area (Å²) in [6.45, 7) is -0.284. The quantitative estimate of drug-likeness (QED) is 0.469. The van der Waals surface area contributed by atoms with Gasteiger partial charge in [0.25, 0.3) is 5.91 Å². The van der Waals surface area contributed by atoms with Crippen LogP contribution in [0.2, 0.25) is 0 Å². The molecule has 2 N–H and O–H groups in total. The van der Waals surface area contributed by atoms with Crippen LogP contribution in [0, 0.1) is 0 Å². The van der Waals surface area contributed by atoms with Gasteiger partial charge in [-0.05, 0) is 54.1 Å². The molecular weight excluding hydrogens is 438 g/mol. The Labute approximate surface area is 196 Å². The second-order valence-electron chi connectivity index (χ2n) is 7.52. The summed E-state index contributed by atoms with van der Waals surface area (Å²) < 4.78 is 16.1. The molecule has 0 saturated heterocycles. The highest BCUT2D eigenvalue weighted by Gasteiger charge is 2.35. The summed E-state index contributed by atoms with van der Waals surface area (Å²) in [5, 5.41) is 17.8. The third-order valence-electron chi connectivity index (χ3n) is 5.36. The number of hydrogen-bond acceptors (Lipinski definition) is 8. The van der Waals surface area contributed by atoms with Crippen LogP contribution in [0.15, 0.2) is 76.4 Å². The zero-order chi connectivity index (χ0) is 23.9. The Balaban J connectivity index is 1.49. The van der Waals surface area contributed by atoms with Gasteiger partial charge in [-0.1, -0.05) is 12.1 Å². The Hall–Kier alpha value is -4.11. The van der Waals surface area contributed by atoms with Gasteiger partial charge in [-0.15, -0.1) is 0 Å². The number of furan rings is 1. The first-order chi connectivity index (χ1) is 16.6. The first-order valence-electron chi connectivity index (χ1n) is 10.8. The monoisotopic (exact) mass is 463 g/mol. The summed E-state index contributed by atoms with van der Waals surface area (Å²) in [7, 11) is 1.60. The standard InChI is InChI=1S/C25H25N3O6/c1-32-18-10-8-17(9-11-18)21-15-22(23-7-4-14-33-23)28(27-21)24(30)16-34-25(31)19-5-2-3-6-20(19)26-12-13-29/h2-11,14,22,26,29H,12-13,15-16H2,1H3. The number of aliphatic hydroxyl groups excluding tert-OH is 1. The van der Waals surface area contributed by atoms with E-state index in [4.69, 9.17) is 19.0 Å². The molecule has 1 atom stereocenters. The van der Waals surface area contributed by atoms with Crippen molar-refractivity contribution in [2.75, 3.05) is 32.2 Å². The summed E-state index contributed by atoms with van der Waals surface area (Å²) in [6, 6.07) is 17.2. The fourth-order valence-corrected chi connectivity index (χ4v) is 3.68. The number of hydrazone groups is 1. The summed E-state index contributed by atoms with van der Waals surface area (Å²) >= 11 is 0. The zero-order valence-electron chi connectivity index (χ0n) is 18.6. The van der Waals surface area contributed by atoms with Gasteiger partial charge in [0.15, 0.2) is 6.61 Å². The molecule has 0 spiro atoms. The Morgan fingerprint density at radius 2 is 1.94 bits per heavy atom. The van der Waals surface area contributed by atoms with E-state index in [9.17, 15) is 9.59 Å². The molecule has 1 aromatic heterocycles. The van der Waals surface area contributed by atoms with Gasteiger partial charge in [0.2, 0.25) is 0 Å². The number of nitrogens with zero attached hydrogens (tertiary/aromatic N) is 2. The molecule has 9 nitrogen and oxygen atoms in total. The summed E-state index contributed by atoms with van der Waals surface area (Å²) in [5.41, 5.74) is 2.36. The van der Waals surface area contributed by atoms with Gasteiger partial charge in [0.05, 0.1) is 31.3 Å². The fraction of sp³-hybridized carbons (Fsp3) is 0.240. The highest BCUT2D eigenvalue weighted by molar-refractivity contribution is 6.03. The minimum Gasteiger partial charge on any atom is -0.497 e. The molecule has 2 aromatic carbocycles. The number of esters is 1. The number of amides is 1. The van der Waals surface area contributed by atoms with Crippen LogP contribution in [0.3, 0.4) is 0 Å². The van der Waals surface area contributed by atoms with E-state index in [2.05, 4.69) is 10.4 Å². The topological polar surface area (TPSA) is 114 Å². The maximum Gasteiger partial charge on any atom is 0.340 e. The molecule has 0 bridgehead atoms. The van der Waals surface area contributed by atoms with Crippen LogP contribution in [-0.4, -0.2) is 54.6 Å². The number of ether oxygens (including phenoxy) is 2. The Bertz CT molecular complexity index is 1160. The van der Waals surface area contributed by atoms with Crippen LogP contribution in [0.1, 0.15) is 34.1 Å². The number of nitrogens with one attached hydrogen (secondary N) is 1. The van der Waals surface area contributed by atoms with Crippen molar-refractivity contribution in [1.29, 1.82) is 0 Å². The predicted molar refractivity (Wildman–Crippen MR) is 125 cm³/mol. The normalized spacial score (nSPS) is 15.1. The van der Waals surface area contributed by atoms with Crippen molar-refractivity contribution >= 4 is 23.3 Å². The maximum atomic E-state index is 13.1. The highest BCUT2D eigenvalue weighted by atomic mass is 16.5. The third kappa shape index (κ3) is 5.10. The smallest absolute Gasteiger partial charge is 0.340 e. The van der Waals surface area contributed by atoms with Crippen LogP contribution in [0.5, 0.6) is 5.75 Å². The van der Waals surface area contributed by atoms with Gasteiger partial charge in [-0.25, -0.2) is 9.80 Å². The Morgan fingerprint density at radius 1 is 1.15 bits per heavy atom. The molecule has 2 heterocycles. The first kappa shape index (κ1) is 23.1. The third-order valence-corrected chi connectivity index (χ3v) is 5.36.